The van der Waals surface area contributed by atoms with E-state index in [1.807, 2.05) is 0 Å². The Balaban J connectivity index is 1.38. The van der Waals surface area contributed by atoms with Crippen LogP contribution in [0.5, 0.6) is 0 Å². The number of aromatic amines is 1. The van der Waals surface area contributed by atoms with Crippen LogP contribution in [0.2, 0.25) is 0 Å². The Kier molecular flexibility index (Phi) is 6.45. The summed E-state index contributed by atoms with van der Waals surface area (Å²) in [6.07, 6.45) is 0. The van der Waals surface area contributed by atoms with Gasteiger partial charge in [0, 0.05) is 40.4 Å². The molecule has 0 aliphatic carbocycles. The number of benzene rings is 3. The van der Waals surface area contributed by atoms with E-state index in [2.05, 4.69) is 10.3 Å². The number of anilines is 1. The molecule has 2 N–H and O–H groups in total. The van der Waals surface area contributed by atoms with Gasteiger partial charge in [0.2, 0.25) is 5.56 Å². The summed E-state index contributed by atoms with van der Waals surface area (Å²) in [7, 11) is 0. The van der Waals surface area contributed by atoms with Crippen molar-refractivity contribution in [1.29, 1.82) is 0 Å². The first kappa shape index (κ1) is 23.1. The number of H-pyrrole nitrogens is 1. The van der Waals surface area contributed by atoms with Crippen molar-refractivity contribution in [2.45, 2.75) is 0 Å². The van der Waals surface area contributed by atoms with Crippen molar-refractivity contribution in [3.8, 4) is 0 Å². The smallest absolute Gasteiger partial charge is 0.338 e. The highest BCUT2D eigenvalue weighted by Gasteiger charge is 2.15. The van der Waals surface area contributed by atoms with Crippen molar-refractivity contribution >= 4 is 39.9 Å². The summed E-state index contributed by atoms with van der Waals surface area (Å²) in [4.78, 5) is 61.8. The summed E-state index contributed by atoms with van der Waals surface area (Å²) in [5.74, 6) is -1.75. The number of Topliss-reactive ketones (excluding diaryl/α,β-unsaturated/α-hetero) is 1. The summed E-state index contributed by atoms with van der Waals surface area (Å²) in [5, 5.41) is 14.0. The number of non-ortho nitro benzene ring substituents is 1. The SMILES string of the molecule is O=C(COC(=O)c1ccc(NC(=O)c2cc(=O)[nH]c3ccccc23)cc1)c1ccc([N+](=O)[O-])cc1. The van der Waals surface area contributed by atoms with E-state index in [0.29, 0.717) is 16.6 Å². The molecular weight excluding hydrogens is 454 g/mol. The molecule has 1 aromatic heterocycles. The van der Waals surface area contributed by atoms with Gasteiger partial charge in [-0.2, -0.15) is 0 Å². The molecule has 0 aliphatic heterocycles. The minimum Gasteiger partial charge on any atom is -0.454 e. The average molecular weight is 471 g/mol. The molecule has 35 heavy (non-hydrogen) atoms. The van der Waals surface area contributed by atoms with E-state index in [-0.39, 0.29) is 22.4 Å². The molecule has 0 fully saturated rings. The number of ether oxygens (including phenoxy) is 1. The fraction of sp³-hybridized carbons (Fsp3) is 0.0400. The summed E-state index contributed by atoms with van der Waals surface area (Å²) in [6, 6.07) is 18.9. The van der Waals surface area contributed by atoms with Gasteiger partial charge in [-0.1, -0.05) is 18.2 Å². The maximum absolute atomic E-state index is 12.7. The second-order valence-corrected chi connectivity index (χ2v) is 7.43. The van der Waals surface area contributed by atoms with Crippen molar-refractivity contribution in [1.82, 2.24) is 4.98 Å². The van der Waals surface area contributed by atoms with Crippen LogP contribution >= 0.6 is 0 Å². The summed E-state index contributed by atoms with van der Waals surface area (Å²) in [5.41, 5.74) is 0.894. The molecule has 0 saturated heterocycles. The lowest BCUT2D eigenvalue weighted by Gasteiger charge is -2.09. The van der Waals surface area contributed by atoms with E-state index in [4.69, 9.17) is 4.74 Å². The largest absolute Gasteiger partial charge is 0.454 e. The Hall–Kier alpha value is -5.12. The van der Waals surface area contributed by atoms with Gasteiger partial charge in [0.05, 0.1) is 16.1 Å². The number of nitro benzene ring substituents is 1. The van der Waals surface area contributed by atoms with Gasteiger partial charge < -0.3 is 15.0 Å². The number of carbonyl (C=O) groups excluding carboxylic acids is 3. The zero-order chi connectivity index (χ0) is 24.9. The molecule has 1 heterocycles. The lowest BCUT2D eigenvalue weighted by Crippen LogP contribution is -2.17. The number of nitrogens with zero attached hydrogens (tertiary/aromatic N) is 1. The van der Waals surface area contributed by atoms with Gasteiger partial charge in [-0.05, 0) is 42.5 Å². The number of aromatic nitrogens is 1. The van der Waals surface area contributed by atoms with Crippen molar-refractivity contribution in [2.75, 3.05) is 11.9 Å². The summed E-state index contributed by atoms with van der Waals surface area (Å²) in [6.45, 7) is -0.537. The molecule has 4 rings (SSSR count). The van der Waals surface area contributed by atoms with Crippen LogP contribution in [0.4, 0.5) is 11.4 Å². The number of nitrogens with one attached hydrogen (secondary N) is 2. The third-order valence-corrected chi connectivity index (χ3v) is 5.11. The van der Waals surface area contributed by atoms with E-state index in [0.717, 1.165) is 0 Å². The first-order chi connectivity index (χ1) is 16.8. The monoisotopic (exact) mass is 471 g/mol. The van der Waals surface area contributed by atoms with Gasteiger partial charge in [-0.15, -0.1) is 0 Å². The molecule has 0 spiro atoms. The van der Waals surface area contributed by atoms with Crippen LogP contribution < -0.4 is 10.9 Å². The first-order valence-electron chi connectivity index (χ1n) is 10.3. The van der Waals surface area contributed by atoms with Crippen molar-refractivity contribution < 1.29 is 24.0 Å². The summed E-state index contributed by atoms with van der Waals surface area (Å²) >= 11 is 0. The van der Waals surface area contributed by atoms with Crippen LogP contribution in [0, 0.1) is 10.1 Å². The predicted molar refractivity (Wildman–Crippen MR) is 127 cm³/mol. The van der Waals surface area contributed by atoms with E-state index < -0.39 is 34.7 Å². The Morgan fingerprint density at radius 3 is 2.26 bits per heavy atom. The van der Waals surface area contributed by atoms with Crippen molar-refractivity contribution in [3.05, 3.63) is 116 Å². The van der Waals surface area contributed by atoms with Gasteiger partial charge in [0.1, 0.15) is 0 Å². The number of fused-ring (bicyclic) bond motifs is 1. The van der Waals surface area contributed by atoms with Gasteiger partial charge in [0.15, 0.2) is 12.4 Å². The maximum Gasteiger partial charge on any atom is 0.338 e. The number of nitro groups is 1. The Morgan fingerprint density at radius 2 is 1.57 bits per heavy atom. The Morgan fingerprint density at radius 1 is 0.914 bits per heavy atom. The zero-order valence-electron chi connectivity index (χ0n) is 18.0. The molecule has 0 aliphatic rings. The third kappa shape index (κ3) is 5.28. The van der Waals surface area contributed by atoms with Crippen LogP contribution in [-0.4, -0.2) is 34.2 Å². The molecule has 3 aromatic carbocycles. The van der Waals surface area contributed by atoms with E-state index >= 15 is 0 Å². The highest BCUT2D eigenvalue weighted by molar-refractivity contribution is 6.12. The van der Waals surface area contributed by atoms with Crippen LogP contribution in [0.25, 0.3) is 10.9 Å². The molecule has 10 nitrogen and oxygen atoms in total. The van der Waals surface area contributed by atoms with Crippen LogP contribution in [-0.2, 0) is 4.74 Å². The number of esters is 1. The highest BCUT2D eigenvalue weighted by atomic mass is 16.6. The number of hydrogen-bond acceptors (Lipinski definition) is 7. The second kappa shape index (κ2) is 9.79. The van der Waals surface area contributed by atoms with Gasteiger partial charge in [0.25, 0.3) is 11.6 Å². The van der Waals surface area contributed by atoms with Gasteiger partial charge in [-0.3, -0.25) is 24.5 Å². The van der Waals surface area contributed by atoms with Crippen molar-refractivity contribution in [2.24, 2.45) is 0 Å². The molecule has 174 valence electrons. The minimum absolute atomic E-state index is 0.154. The lowest BCUT2D eigenvalue weighted by atomic mass is 10.1. The fourth-order valence-corrected chi connectivity index (χ4v) is 3.35. The highest BCUT2D eigenvalue weighted by Crippen LogP contribution is 2.18. The number of pyridine rings is 1. The number of hydrogen-bond donors (Lipinski definition) is 2. The molecule has 4 aromatic rings. The average Bonchev–Trinajstić information content (AvgIpc) is 2.87. The third-order valence-electron chi connectivity index (χ3n) is 5.11. The number of rotatable bonds is 7. The quantitative estimate of drug-likeness (QED) is 0.181. The van der Waals surface area contributed by atoms with Gasteiger partial charge >= 0.3 is 5.97 Å². The fourth-order valence-electron chi connectivity index (χ4n) is 3.35. The number of para-hydroxylation sites is 1. The van der Waals surface area contributed by atoms with E-state index in [9.17, 15) is 29.3 Å². The van der Waals surface area contributed by atoms with Crippen LogP contribution in [0.1, 0.15) is 31.1 Å². The Labute approximate surface area is 197 Å². The zero-order valence-corrected chi connectivity index (χ0v) is 18.0. The molecule has 0 radical (unpaired) electrons. The minimum atomic E-state index is -0.751. The standard InChI is InChI=1S/C25H17N3O7/c29-22(15-7-11-18(12-8-15)28(33)34)14-35-25(32)16-5-9-17(10-6-16)26-24(31)20-13-23(30)27-21-4-2-1-3-19(20)21/h1-13H,14H2,(H,26,31)(H,27,30). The number of ketones is 1. The molecule has 0 atom stereocenters. The molecular formula is C25H17N3O7. The maximum atomic E-state index is 12.7. The van der Waals surface area contributed by atoms with Gasteiger partial charge in [-0.25, -0.2) is 4.79 Å². The molecule has 0 saturated carbocycles. The Bertz CT molecular complexity index is 1510. The molecule has 0 unspecified atom stereocenters. The topological polar surface area (TPSA) is 148 Å². The summed E-state index contributed by atoms with van der Waals surface area (Å²) < 4.78 is 5.03. The normalized spacial score (nSPS) is 10.5. The van der Waals surface area contributed by atoms with Crippen LogP contribution in [0.15, 0.2) is 83.7 Å². The number of amides is 1. The van der Waals surface area contributed by atoms with E-state index in [1.54, 1.807) is 24.3 Å². The second-order valence-electron chi connectivity index (χ2n) is 7.43. The molecule has 10 heteroatoms. The van der Waals surface area contributed by atoms with E-state index in [1.165, 1.54) is 54.6 Å². The number of carbonyl (C=O) groups is 3. The van der Waals surface area contributed by atoms with Crippen molar-refractivity contribution in [3.63, 3.8) is 0 Å². The predicted octanol–water partition coefficient (Wildman–Crippen LogP) is 3.73. The lowest BCUT2D eigenvalue weighted by molar-refractivity contribution is -0.384. The molecule has 0 bridgehead atoms. The first-order valence-corrected chi connectivity index (χ1v) is 10.3. The molecule has 1 amide bonds. The van der Waals surface area contributed by atoms with Crippen LogP contribution in [0.3, 0.4) is 0 Å².